The Bertz CT molecular complexity index is 921. The van der Waals surface area contributed by atoms with Crippen molar-refractivity contribution in [3.05, 3.63) is 23.8 Å². The lowest BCUT2D eigenvalue weighted by molar-refractivity contribution is -0.160. The molecule has 0 aliphatic carbocycles. The quantitative estimate of drug-likeness (QED) is 0.720. The lowest BCUT2D eigenvalue weighted by Crippen LogP contribution is -2.74. The van der Waals surface area contributed by atoms with Crippen LogP contribution in [-0.2, 0) is 20.8 Å². The number of anilines is 2. The van der Waals surface area contributed by atoms with E-state index in [1.54, 1.807) is 0 Å². The zero-order chi connectivity index (χ0) is 21.8. The molecule has 4 rings (SSSR count). The van der Waals surface area contributed by atoms with Gasteiger partial charge in [0.1, 0.15) is 0 Å². The lowest BCUT2D eigenvalue weighted by atomic mass is 9.67. The molecule has 160 valence electrons. The fourth-order valence-corrected chi connectivity index (χ4v) is 5.07. The van der Waals surface area contributed by atoms with Crippen LogP contribution in [0, 0.1) is 5.41 Å². The lowest BCUT2D eigenvalue weighted by Gasteiger charge is -2.56. The van der Waals surface area contributed by atoms with Crippen molar-refractivity contribution in [1.82, 2.24) is 14.7 Å². The van der Waals surface area contributed by atoms with Gasteiger partial charge in [-0.05, 0) is 36.7 Å². The molecule has 0 bridgehead atoms. The largest absolute Gasteiger partial charge is 0.364 e. The summed E-state index contributed by atoms with van der Waals surface area (Å²) in [6.07, 6.45) is 0.189. The summed E-state index contributed by atoms with van der Waals surface area (Å²) in [6, 6.07) is 4.64. The number of nitrogens with zero attached hydrogens (tertiary/aromatic N) is 4. The molecule has 5 amide bonds. The summed E-state index contributed by atoms with van der Waals surface area (Å²) in [5, 5.41) is 2.77. The molecule has 2 saturated heterocycles. The molecule has 3 heterocycles. The number of urea groups is 1. The Morgan fingerprint density at radius 1 is 1.13 bits per heavy atom. The normalized spacial score (nSPS) is 23.5. The zero-order valence-electron chi connectivity index (χ0n) is 17.8. The summed E-state index contributed by atoms with van der Waals surface area (Å²) in [7, 11) is 2.87. The standard InChI is InChI=1S/C21H27N5O4/c1-5-25-8-9-26-16-7-6-15(22-13(2)27)10-14(16)11-21(17(26)12-25)18(28)23(3)20(30)24(4)19(21)29/h6-7,10,17H,5,8-9,11-12H2,1-4H3,(H,22,27)/t17-/m0/s1. The highest BCUT2D eigenvalue weighted by Gasteiger charge is 2.63. The summed E-state index contributed by atoms with van der Waals surface area (Å²) in [6.45, 7) is 6.38. The molecule has 0 aromatic heterocycles. The number of rotatable bonds is 2. The molecule has 2 fully saturated rings. The fourth-order valence-electron chi connectivity index (χ4n) is 5.07. The Morgan fingerprint density at radius 2 is 1.80 bits per heavy atom. The molecule has 0 saturated carbocycles. The Labute approximate surface area is 175 Å². The Balaban J connectivity index is 1.87. The molecule has 3 aliphatic rings. The molecule has 9 nitrogen and oxygen atoms in total. The number of nitrogens with one attached hydrogen (secondary N) is 1. The Hall–Kier alpha value is -2.94. The van der Waals surface area contributed by atoms with Gasteiger partial charge in [0.2, 0.25) is 17.7 Å². The van der Waals surface area contributed by atoms with E-state index < -0.39 is 23.3 Å². The van der Waals surface area contributed by atoms with E-state index in [1.165, 1.54) is 21.0 Å². The summed E-state index contributed by atoms with van der Waals surface area (Å²) in [5.74, 6) is -1.11. The van der Waals surface area contributed by atoms with E-state index >= 15 is 0 Å². The number of imide groups is 2. The van der Waals surface area contributed by atoms with Gasteiger partial charge in [-0.2, -0.15) is 0 Å². The number of likely N-dealkylation sites (N-methyl/N-ethyl adjacent to an activating group) is 1. The second-order valence-corrected chi connectivity index (χ2v) is 8.29. The number of barbiturate groups is 1. The van der Waals surface area contributed by atoms with Gasteiger partial charge in [0.25, 0.3) is 0 Å². The van der Waals surface area contributed by atoms with Gasteiger partial charge in [-0.15, -0.1) is 0 Å². The molecule has 1 aromatic rings. The first-order chi connectivity index (χ1) is 14.2. The number of benzene rings is 1. The van der Waals surface area contributed by atoms with Gasteiger partial charge in [-0.3, -0.25) is 29.1 Å². The van der Waals surface area contributed by atoms with Crippen LogP contribution in [0.2, 0.25) is 0 Å². The van der Waals surface area contributed by atoms with Gasteiger partial charge < -0.3 is 10.2 Å². The van der Waals surface area contributed by atoms with Crippen molar-refractivity contribution >= 4 is 35.1 Å². The predicted molar refractivity (Wildman–Crippen MR) is 111 cm³/mol. The maximum absolute atomic E-state index is 13.5. The number of carbonyl (C=O) groups is 4. The maximum atomic E-state index is 13.5. The van der Waals surface area contributed by atoms with Gasteiger partial charge in [-0.25, -0.2) is 4.79 Å². The van der Waals surface area contributed by atoms with Crippen LogP contribution in [0.4, 0.5) is 16.2 Å². The number of fused-ring (bicyclic) bond motifs is 4. The molecule has 1 N–H and O–H groups in total. The first-order valence-corrected chi connectivity index (χ1v) is 10.2. The van der Waals surface area contributed by atoms with Crippen LogP contribution < -0.4 is 10.2 Å². The topological polar surface area (TPSA) is 93.3 Å². The first kappa shape index (κ1) is 20.3. The van der Waals surface area contributed by atoms with E-state index in [1.807, 2.05) is 18.2 Å². The molecule has 1 spiro atoms. The molecule has 30 heavy (non-hydrogen) atoms. The van der Waals surface area contributed by atoms with Gasteiger partial charge in [0, 0.05) is 52.0 Å². The average Bonchev–Trinajstić information content (AvgIpc) is 2.74. The van der Waals surface area contributed by atoms with Crippen LogP contribution in [0.5, 0.6) is 0 Å². The molecular weight excluding hydrogens is 386 g/mol. The molecule has 3 aliphatic heterocycles. The second-order valence-electron chi connectivity index (χ2n) is 8.29. The van der Waals surface area contributed by atoms with Crippen molar-refractivity contribution in [2.24, 2.45) is 5.41 Å². The minimum Gasteiger partial charge on any atom is -0.364 e. The zero-order valence-corrected chi connectivity index (χ0v) is 17.8. The van der Waals surface area contributed by atoms with Crippen molar-refractivity contribution < 1.29 is 19.2 Å². The van der Waals surface area contributed by atoms with Gasteiger partial charge in [0.15, 0.2) is 5.41 Å². The highest BCUT2D eigenvalue weighted by Crippen LogP contribution is 2.47. The van der Waals surface area contributed by atoms with Gasteiger partial charge in [-0.1, -0.05) is 6.92 Å². The third-order valence-electron chi connectivity index (χ3n) is 6.61. The summed E-state index contributed by atoms with van der Waals surface area (Å²) in [5.41, 5.74) is 1.03. The van der Waals surface area contributed by atoms with Crippen LogP contribution in [0.15, 0.2) is 18.2 Å². The Kier molecular flexibility index (Phi) is 4.80. The van der Waals surface area contributed by atoms with Gasteiger partial charge >= 0.3 is 6.03 Å². The van der Waals surface area contributed by atoms with Crippen molar-refractivity contribution in [2.45, 2.75) is 26.3 Å². The van der Waals surface area contributed by atoms with Crippen molar-refractivity contribution in [1.29, 1.82) is 0 Å². The number of carbonyl (C=O) groups excluding carboxylic acids is 4. The SMILES string of the molecule is CCN1CCN2c3ccc(NC(C)=O)cc3CC3(C(=O)N(C)C(=O)N(C)C3=O)[C@@H]2C1. The minimum absolute atomic E-state index is 0.189. The first-order valence-electron chi connectivity index (χ1n) is 10.2. The monoisotopic (exact) mass is 413 g/mol. The second kappa shape index (κ2) is 7.09. The Morgan fingerprint density at radius 3 is 2.40 bits per heavy atom. The van der Waals surface area contributed by atoms with E-state index in [0.717, 1.165) is 34.1 Å². The van der Waals surface area contributed by atoms with E-state index in [-0.39, 0.29) is 18.4 Å². The predicted octanol–water partition coefficient (Wildman–Crippen LogP) is 0.748. The van der Waals surface area contributed by atoms with Crippen LogP contribution in [0.25, 0.3) is 0 Å². The summed E-state index contributed by atoms with van der Waals surface area (Å²) < 4.78 is 0. The fraction of sp³-hybridized carbons (Fsp3) is 0.524. The maximum Gasteiger partial charge on any atom is 0.332 e. The van der Waals surface area contributed by atoms with Crippen molar-refractivity contribution in [3.8, 4) is 0 Å². The smallest absolute Gasteiger partial charge is 0.332 e. The minimum atomic E-state index is -1.38. The number of hydrogen-bond donors (Lipinski definition) is 1. The van der Waals surface area contributed by atoms with Crippen LogP contribution in [-0.4, -0.2) is 84.8 Å². The van der Waals surface area contributed by atoms with E-state index in [2.05, 4.69) is 22.0 Å². The van der Waals surface area contributed by atoms with E-state index in [9.17, 15) is 19.2 Å². The third kappa shape index (κ3) is 2.79. The molecule has 9 heteroatoms. The highest BCUT2D eigenvalue weighted by atomic mass is 16.2. The van der Waals surface area contributed by atoms with Gasteiger partial charge in [0.05, 0.1) is 6.04 Å². The average molecular weight is 413 g/mol. The van der Waals surface area contributed by atoms with Crippen molar-refractivity contribution in [3.63, 3.8) is 0 Å². The molecular formula is C21H27N5O4. The molecule has 0 unspecified atom stereocenters. The molecule has 1 atom stereocenters. The third-order valence-corrected chi connectivity index (χ3v) is 6.61. The highest BCUT2D eigenvalue weighted by molar-refractivity contribution is 6.20. The van der Waals surface area contributed by atoms with E-state index in [4.69, 9.17) is 0 Å². The summed E-state index contributed by atoms with van der Waals surface area (Å²) >= 11 is 0. The molecule has 0 radical (unpaired) electrons. The van der Waals surface area contributed by atoms with Crippen LogP contribution in [0.3, 0.4) is 0 Å². The van der Waals surface area contributed by atoms with E-state index in [0.29, 0.717) is 18.8 Å². The number of piperazine rings is 1. The molecule has 1 aromatic carbocycles. The van der Waals surface area contributed by atoms with Crippen LogP contribution in [0.1, 0.15) is 19.4 Å². The van der Waals surface area contributed by atoms with Crippen molar-refractivity contribution in [2.75, 3.05) is 50.5 Å². The van der Waals surface area contributed by atoms with Crippen LogP contribution >= 0.6 is 0 Å². The number of hydrogen-bond acceptors (Lipinski definition) is 6. The summed E-state index contributed by atoms with van der Waals surface area (Å²) in [4.78, 5) is 57.5. The number of amides is 5.